The normalized spacial score (nSPS) is 11.9. The molecule has 0 spiro atoms. The molecule has 0 radical (unpaired) electrons. The second-order valence-corrected chi connectivity index (χ2v) is 5.88. The van der Waals surface area contributed by atoms with Crippen LogP contribution in [0.15, 0.2) is 54.6 Å². The number of pyridine rings is 1. The van der Waals surface area contributed by atoms with Crippen LogP contribution in [0.1, 0.15) is 5.56 Å². The van der Waals surface area contributed by atoms with Crippen molar-refractivity contribution in [1.29, 1.82) is 0 Å². The van der Waals surface area contributed by atoms with Gasteiger partial charge in [0.15, 0.2) is 11.2 Å². The zero-order valence-electron chi connectivity index (χ0n) is 14.5. The summed E-state index contributed by atoms with van der Waals surface area (Å²) in [6.07, 6.45) is -4.39. The average molecular weight is 374 g/mol. The van der Waals surface area contributed by atoms with Gasteiger partial charge >= 0.3 is 12.1 Å². The van der Waals surface area contributed by atoms with Crippen LogP contribution in [-0.2, 0) is 6.18 Å². The van der Waals surface area contributed by atoms with Crippen LogP contribution >= 0.6 is 0 Å². The minimum atomic E-state index is -4.39. The maximum Gasteiger partial charge on any atom is 0.416 e. The van der Waals surface area contributed by atoms with Crippen molar-refractivity contribution < 1.29 is 27.2 Å². The van der Waals surface area contributed by atoms with Crippen molar-refractivity contribution in [3.63, 3.8) is 0 Å². The first-order valence-electron chi connectivity index (χ1n) is 8.06. The van der Waals surface area contributed by atoms with Crippen molar-refractivity contribution in [3.8, 4) is 17.3 Å². The number of hydrogen-bond donors (Lipinski definition) is 0. The largest absolute Gasteiger partial charge is 0.496 e. The second kappa shape index (κ2) is 6.15. The first-order chi connectivity index (χ1) is 12.9. The van der Waals surface area contributed by atoms with Crippen LogP contribution in [0, 0.1) is 0 Å². The van der Waals surface area contributed by atoms with E-state index in [0.717, 1.165) is 23.0 Å². The molecule has 0 aliphatic rings. The molecule has 0 bridgehead atoms. The summed E-state index contributed by atoms with van der Waals surface area (Å²) < 4.78 is 52.6. The molecule has 0 fully saturated rings. The molecule has 0 amide bonds. The summed E-state index contributed by atoms with van der Waals surface area (Å²) in [6, 6.07) is 14.1. The van der Waals surface area contributed by atoms with Crippen molar-refractivity contribution in [2.45, 2.75) is 6.18 Å². The lowest BCUT2D eigenvalue weighted by Gasteiger charge is -2.05. The molecule has 27 heavy (non-hydrogen) atoms. The molecule has 0 unspecified atom stereocenters. The van der Waals surface area contributed by atoms with Gasteiger partial charge in [0.1, 0.15) is 11.0 Å². The topological polar surface area (TPSA) is 40.4 Å². The molecule has 138 valence electrons. The molecular formula is C19H15F3N3O2+. The van der Waals surface area contributed by atoms with E-state index < -0.39 is 11.7 Å². The summed E-state index contributed by atoms with van der Waals surface area (Å²) in [5.41, 5.74) is 1.15. The van der Waals surface area contributed by atoms with E-state index >= 15 is 0 Å². The predicted molar refractivity (Wildman–Crippen MR) is 92.3 cm³/mol. The summed E-state index contributed by atoms with van der Waals surface area (Å²) in [5, 5.41) is 5.38. The first-order valence-corrected chi connectivity index (χ1v) is 8.06. The molecule has 0 aliphatic heterocycles. The standard InChI is InChI=1S/C19H15F3N3O2/c1-26-17-11-16-18(27-2)24(13-9-7-12(8-10-13)19(20,21)22)23-25(16)15-6-4-3-5-14(15)17/h3-11H,1-2H3/q+1. The van der Waals surface area contributed by atoms with Gasteiger partial charge in [-0.15, -0.1) is 0 Å². The van der Waals surface area contributed by atoms with Gasteiger partial charge in [0.25, 0.3) is 0 Å². The Morgan fingerprint density at radius 1 is 0.926 bits per heavy atom. The number of benzene rings is 2. The summed E-state index contributed by atoms with van der Waals surface area (Å²) >= 11 is 0. The monoisotopic (exact) mass is 374 g/mol. The zero-order valence-corrected chi connectivity index (χ0v) is 14.5. The molecular weight excluding hydrogens is 359 g/mol. The minimum absolute atomic E-state index is 0.388. The van der Waals surface area contributed by atoms with E-state index in [-0.39, 0.29) is 0 Å². The van der Waals surface area contributed by atoms with Gasteiger partial charge in [0.2, 0.25) is 5.52 Å². The number of ether oxygens (including phenoxy) is 2. The van der Waals surface area contributed by atoms with E-state index in [0.29, 0.717) is 22.8 Å². The third-order valence-corrected chi connectivity index (χ3v) is 4.34. The highest BCUT2D eigenvalue weighted by molar-refractivity contribution is 5.85. The van der Waals surface area contributed by atoms with Crippen LogP contribution in [-0.4, -0.2) is 24.1 Å². The lowest BCUT2D eigenvalue weighted by atomic mass is 10.2. The van der Waals surface area contributed by atoms with Crippen molar-refractivity contribution >= 4 is 16.4 Å². The molecule has 0 saturated heterocycles. The number of hydrogen-bond acceptors (Lipinski definition) is 3. The van der Waals surface area contributed by atoms with E-state index in [4.69, 9.17) is 9.47 Å². The van der Waals surface area contributed by atoms with Gasteiger partial charge in [0, 0.05) is 6.07 Å². The Labute approximate surface area is 152 Å². The number of nitrogens with zero attached hydrogens (tertiary/aromatic N) is 3. The van der Waals surface area contributed by atoms with Crippen LogP contribution in [0.2, 0.25) is 0 Å². The number of rotatable bonds is 3. The Bertz CT molecular complexity index is 1140. The fourth-order valence-corrected chi connectivity index (χ4v) is 3.07. The fourth-order valence-electron chi connectivity index (χ4n) is 3.07. The number of halogens is 3. The molecule has 0 atom stereocenters. The maximum atomic E-state index is 12.8. The summed E-state index contributed by atoms with van der Waals surface area (Å²) in [5.74, 6) is 1.04. The molecule has 2 aromatic heterocycles. The molecule has 5 nitrogen and oxygen atoms in total. The molecule has 2 aromatic carbocycles. The van der Waals surface area contributed by atoms with Crippen LogP contribution in [0.25, 0.3) is 22.1 Å². The minimum Gasteiger partial charge on any atom is -0.496 e. The third kappa shape index (κ3) is 2.73. The Balaban J connectivity index is 1.98. The van der Waals surface area contributed by atoms with Crippen LogP contribution in [0.4, 0.5) is 13.2 Å². The summed E-state index contributed by atoms with van der Waals surface area (Å²) in [6.45, 7) is 0. The summed E-state index contributed by atoms with van der Waals surface area (Å²) in [4.78, 5) is 0. The predicted octanol–water partition coefficient (Wildman–Crippen LogP) is 3.80. The first kappa shape index (κ1) is 17.1. The van der Waals surface area contributed by atoms with Gasteiger partial charge in [-0.3, -0.25) is 0 Å². The SMILES string of the molecule is COc1cc2c(OC)n(-c3ccc(C(F)(F)F)cc3)n[n+]2c2ccccc12. The third-order valence-electron chi connectivity index (χ3n) is 4.34. The molecule has 0 saturated carbocycles. The van der Waals surface area contributed by atoms with Gasteiger partial charge in [-0.25, -0.2) is 0 Å². The van der Waals surface area contributed by atoms with Crippen molar-refractivity contribution in [2.75, 3.05) is 14.2 Å². The number of aromatic nitrogens is 3. The Morgan fingerprint density at radius 2 is 1.63 bits per heavy atom. The lowest BCUT2D eigenvalue weighted by Crippen LogP contribution is -2.25. The highest BCUT2D eigenvalue weighted by Crippen LogP contribution is 2.32. The Kier molecular flexibility index (Phi) is 3.91. The highest BCUT2D eigenvalue weighted by Gasteiger charge is 2.31. The quantitative estimate of drug-likeness (QED) is 0.512. The van der Waals surface area contributed by atoms with Gasteiger partial charge in [-0.1, -0.05) is 21.3 Å². The van der Waals surface area contributed by atoms with Crippen molar-refractivity contribution in [3.05, 3.63) is 60.2 Å². The van der Waals surface area contributed by atoms with Crippen LogP contribution < -0.4 is 14.0 Å². The van der Waals surface area contributed by atoms with Crippen molar-refractivity contribution in [2.24, 2.45) is 0 Å². The number of methoxy groups -OCH3 is 2. The van der Waals surface area contributed by atoms with Crippen LogP contribution in [0.3, 0.4) is 0 Å². The van der Waals surface area contributed by atoms with Gasteiger partial charge in [-0.05, 0) is 36.4 Å². The molecule has 4 rings (SSSR count). The molecule has 4 aromatic rings. The molecule has 0 aliphatic carbocycles. The van der Waals surface area contributed by atoms with E-state index in [1.54, 1.807) is 17.7 Å². The zero-order chi connectivity index (χ0) is 19.2. The van der Waals surface area contributed by atoms with Gasteiger partial charge < -0.3 is 9.47 Å². The fraction of sp³-hybridized carbons (Fsp3) is 0.158. The molecule has 0 N–H and O–H groups in total. The molecule has 8 heteroatoms. The van der Waals surface area contributed by atoms with Crippen molar-refractivity contribution in [1.82, 2.24) is 9.90 Å². The van der Waals surface area contributed by atoms with E-state index in [1.165, 1.54) is 23.9 Å². The van der Waals surface area contributed by atoms with E-state index in [1.807, 2.05) is 24.3 Å². The lowest BCUT2D eigenvalue weighted by molar-refractivity contribution is -0.555. The highest BCUT2D eigenvalue weighted by atomic mass is 19.4. The molecule has 2 heterocycles. The smallest absolute Gasteiger partial charge is 0.416 e. The van der Waals surface area contributed by atoms with E-state index in [9.17, 15) is 13.2 Å². The van der Waals surface area contributed by atoms with Crippen LogP contribution in [0.5, 0.6) is 11.6 Å². The van der Waals surface area contributed by atoms with Gasteiger partial charge in [0.05, 0.1) is 25.2 Å². The maximum absolute atomic E-state index is 12.8. The van der Waals surface area contributed by atoms with Gasteiger partial charge in [-0.2, -0.15) is 13.2 Å². The Morgan fingerprint density at radius 3 is 2.26 bits per heavy atom. The number of alkyl halides is 3. The summed E-state index contributed by atoms with van der Waals surface area (Å²) in [7, 11) is 3.06. The van der Waals surface area contributed by atoms with E-state index in [2.05, 4.69) is 5.21 Å². The average Bonchev–Trinajstić information content (AvgIpc) is 3.05. The second-order valence-electron chi connectivity index (χ2n) is 5.88. The number of para-hydroxylation sites is 1. The Hall–Kier alpha value is -3.29. The number of fused-ring (bicyclic) bond motifs is 3.